The summed E-state index contributed by atoms with van der Waals surface area (Å²) in [5, 5.41) is 23.3. The molecule has 5 atom stereocenters. The summed E-state index contributed by atoms with van der Waals surface area (Å²) in [7, 11) is 1.82. The first-order valence-corrected chi connectivity index (χ1v) is 12.9. The van der Waals surface area contributed by atoms with Gasteiger partial charge in [-0.05, 0) is 74.8 Å². The number of phenols is 1. The van der Waals surface area contributed by atoms with Gasteiger partial charge in [0, 0.05) is 36.8 Å². The van der Waals surface area contributed by atoms with Crippen molar-refractivity contribution in [1.82, 2.24) is 9.80 Å². The number of piperidine rings is 1. The highest BCUT2D eigenvalue weighted by Gasteiger charge is 2.73. The summed E-state index contributed by atoms with van der Waals surface area (Å²) in [5.41, 5.74) is 1.44. The van der Waals surface area contributed by atoms with E-state index in [-0.39, 0.29) is 23.7 Å². The molecule has 1 aromatic carbocycles. The first kappa shape index (κ1) is 21.5. The van der Waals surface area contributed by atoms with Crippen LogP contribution < -0.4 is 4.74 Å². The summed E-state index contributed by atoms with van der Waals surface area (Å²) in [4.78, 5) is 17.5. The Morgan fingerprint density at radius 1 is 1.26 bits per heavy atom. The molecule has 2 bridgehead atoms. The van der Waals surface area contributed by atoms with Gasteiger partial charge in [0.25, 0.3) is 0 Å². The highest BCUT2D eigenvalue weighted by molar-refractivity contribution is 5.91. The minimum atomic E-state index is -0.941. The molecule has 3 aliphatic carbocycles. The standard InChI is InChI=1S/C28H32N2O5/c1-29(23(32)7-4-18-9-13-34-16-18)20-8-10-28(33)22-14-19-5-6-21(31)25-24(19)27(28,26(20)35-25)11-12-30(22)15-17-2-3-17/h4-7,9,13,16-17,20,22,26,31,33H,2-3,8,10-12,14-15H2,1H3/t20-,22?,26+,27+,28-/m1/s1. The summed E-state index contributed by atoms with van der Waals surface area (Å²) < 4.78 is 11.7. The van der Waals surface area contributed by atoms with E-state index in [1.165, 1.54) is 18.4 Å². The summed E-state index contributed by atoms with van der Waals surface area (Å²) >= 11 is 0. The van der Waals surface area contributed by atoms with Gasteiger partial charge in [-0.2, -0.15) is 0 Å². The molecule has 1 amide bonds. The van der Waals surface area contributed by atoms with Gasteiger partial charge >= 0.3 is 0 Å². The molecule has 7 nitrogen and oxygen atoms in total. The molecule has 0 radical (unpaired) electrons. The molecule has 1 unspecified atom stereocenters. The molecule has 184 valence electrons. The smallest absolute Gasteiger partial charge is 0.246 e. The molecule has 5 aliphatic rings. The minimum absolute atomic E-state index is 0.0360. The molecule has 7 rings (SSSR count). The number of aliphatic hydroxyl groups is 1. The number of furan rings is 1. The zero-order valence-electron chi connectivity index (χ0n) is 20.0. The second-order valence-corrected chi connectivity index (χ2v) is 11.2. The Hall–Kier alpha value is -2.77. The van der Waals surface area contributed by atoms with E-state index in [0.29, 0.717) is 18.6 Å². The summed E-state index contributed by atoms with van der Waals surface area (Å²) in [5.74, 6) is 1.28. The van der Waals surface area contributed by atoms with Crippen LogP contribution in [-0.2, 0) is 16.6 Å². The Bertz CT molecular complexity index is 1200. The molecule has 2 N–H and O–H groups in total. The number of rotatable bonds is 5. The van der Waals surface area contributed by atoms with Crippen LogP contribution in [0.25, 0.3) is 6.08 Å². The summed E-state index contributed by atoms with van der Waals surface area (Å²) in [6, 6.07) is 5.38. The summed E-state index contributed by atoms with van der Waals surface area (Å²) in [6.45, 7) is 1.96. The maximum atomic E-state index is 13.2. The normalized spacial score (nSPS) is 35.1. The van der Waals surface area contributed by atoms with E-state index in [1.54, 1.807) is 35.6 Å². The number of hydrogen-bond donors (Lipinski definition) is 2. The fraction of sp³-hybridized carbons (Fsp3) is 0.536. The first-order chi connectivity index (χ1) is 16.9. The number of phenolic OH excluding ortho intramolecular Hbond substituents is 1. The maximum Gasteiger partial charge on any atom is 0.246 e. The third kappa shape index (κ3) is 2.88. The molecule has 3 heterocycles. The van der Waals surface area contributed by atoms with Crippen LogP contribution in [0.3, 0.4) is 0 Å². The SMILES string of the molecule is CN(C(=O)C=Cc1ccoc1)[C@@H]1CC[C@@]2(O)C3Cc4ccc(O)c5c4[C@@]2(CCN3CC2CC2)[C@H]1O5. The Kier molecular flexibility index (Phi) is 4.53. The molecule has 2 aromatic rings. The minimum Gasteiger partial charge on any atom is -0.504 e. The lowest BCUT2D eigenvalue weighted by Gasteiger charge is -2.64. The number of benzene rings is 1. The van der Waals surface area contributed by atoms with Crippen molar-refractivity contribution < 1.29 is 24.2 Å². The van der Waals surface area contributed by atoms with E-state index in [2.05, 4.69) is 4.90 Å². The number of hydrogen-bond acceptors (Lipinski definition) is 6. The average molecular weight is 477 g/mol. The number of carbonyl (C=O) groups excluding carboxylic acids is 1. The van der Waals surface area contributed by atoms with Crippen molar-refractivity contribution in [2.75, 3.05) is 20.1 Å². The van der Waals surface area contributed by atoms with Gasteiger partial charge in [0.15, 0.2) is 11.5 Å². The average Bonchev–Trinajstić information content (AvgIpc) is 3.36. The molecule has 7 heteroatoms. The number of amides is 1. The van der Waals surface area contributed by atoms with Crippen LogP contribution in [0.2, 0.25) is 0 Å². The predicted molar refractivity (Wildman–Crippen MR) is 129 cm³/mol. The van der Waals surface area contributed by atoms with Crippen molar-refractivity contribution in [3.8, 4) is 11.5 Å². The predicted octanol–water partition coefficient (Wildman–Crippen LogP) is 3.09. The number of ether oxygens (including phenoxy) is 1. The van der Waals surface area contributed by atoms with Gasteiger partial charge in [0.2, 0.25) is 5.91 Å². The van der Waals surface area contributed by atoms with E-state index >= 15 is 0 Å². The van der Waals surface area contributed by atoms with Crippen LogP contribution >= 0.6 is 0 Å². The van der Waals surface area contributed by atoms with E-state index in [4.69, 9.17) is 9.15 Å². The third-order valence-corrected chi connectivity index (χ3v) is 9.54. The molecule has 1 spiro atoms. The first-order valence-electron chi connectivity index (χ1n) is 12.9. The fourth-order valence-corrected chi connectivity index (χ4v) is 7.67. The molecular formula is C28H32N2O5. The van der Waals surface area contributed by atoms with E-state index in [9.17, 15) is 15.0 Å². The largest absolute Gasteiger partial charge is 0.504 e. The lowest BCUT2D eigenvalue weighted by Crippen LogP contribution is -2.78. The van der Waals surface area contributed by atoms with Crippen molar-refractivity contribution in [3.63, 3.8) is 0 Å². The molecule has 1 saturated heterocycles. The Balaban J connectivity index is 1.28. The fourth-order valence-electron chi connectivity index (χ4n) is 7.67. The lowest BCUT2D eigenvalue weighted by atomic mass is 9.48. The van der Waals surface area contributed by atoms with Crippen molar-refractivity contribution in [1.29, 1.82) is 0 Å². The summed E-state index contributed by atoms with van der Waals surface area (Å²) in [6.07, 6.45) is 11.5. The molecule has 35 heavy (non-hydrogen) atoms. The van der Waals surface area contributed by atoms with Gasteiger partial charge in [-0.3, -0.25) is 9.69 Å². The Morgan fingerprint density at radius 3 is 2.89 bits per heavy atom. The topological polar surface area (TPSA) is 86.4 Å². The van der Waals surface area contributed by atoms with Gasteiger partial charge in [-0.25, -0.2) is 0 Å². The van der Waals surface area contributed by atoms with Crippen LogP contribution in [-0.4, -0.2) is 69.8 Å². The van der Waals surface area contributed by atoms with Crippen LogP contribution in [0.1, 0.15) is 48.8 Å². The number of aromatic hydroxyl groups is 1. The number of carbonyl (C=O) groups is 1. The van der Waals surface area contributed by atoms with Crippen LogP contribution in [0.4, 0.5) is 0 Å². The van der Waals surface area contributed by atoms with E-state index < -0.39 is 17.1 Å². The number of likely N-dealkylation sites (N-methyl/N-ethyl adjacent to an activating group) is 1. The highest BCUT2D eigenvalue weighted by Crippen LogP contribution is 2.66. The van der Waals surface area contributed by atoms with Crippen molar-refractivity contribution in [3.05, 3.63) is 53.5 Å². The lowest BCUT2D eigenvalue weighted by molar-refractivity contribution is -0.200. The third-order valence-electron chi connectivity index (χ3n) is 9.54. The highest BCUT2D eigenvalue weighted by atomic mass is 16.5. The van der Waals surface area contributed by atoms with Gasteiger partial charge < -0.3 is 24.3 Å². The van der Waals surface area contributed by atoms with Crippen molar-refractivity contribution in [2.45, 2.75) is 67.7 Å². The van der Waals surface area contributed by atoms with Gasteiger partial charge in [0.05, 0.1) is 29.6 Å². The molecular weight excluding hydrogens is 444 g/mol. The molecule has 2 saturated carbocycles. The van der Waals surface area contributed by atoms with E-state index in [1.807, 2.05) is 19.2 Å². The van der Waals surface area contributed by atoms with Gasteiger partial charge in [0.1, 0.15) is 6.10 Å². The molecule has 2 aliphatic heterocycles. The second-order valence-electron chi connectivity index (χ2n) is 11.2. The molecule has 3 fully saturated rings. The maximum absolute atomic E-state index is 13.2. The zero-order valence-corrected chi connectivity index (χ0v) is 20.0. The van der Waals surface area contributed by atoms with Crippen LogP contribution in [0.5, 0.6) is 11.5 Å². The zero-order chi connectivity index (χ0) is 23.9. The van der Waals surface area contributed by atoms with E-state index in [0.717, 1.165) is 43.0 Å². The van der Waals surface area contributed by atoms with Gasteiger partial charge in [-0.15, -0.1) is 0 Å². The second kappa shape index (κ2) is 7.37. The quantitative estimate of drug-likeness (QED) is 0.645. The van der Waals surface area contributed by atoms with Crippen molar-refractivity contribution in [2.24, 2.45) is 5.92 Å². The van der Waals surface area contributed by atoms with Crippen LogP contribution in [0, 0.1) is 5.92 Å². The number of likely N-dealkylation sites (tertiary alicyclic amines) is 1. The van der Waals surface area contributed by atoms with Crippen molar-refractivity contribution >= 4 is 12.0 Å². The number of nitrogens with zero attached hydrogens (tertiary/aromatic N) is 2. The monoisotopic (exact) mass is 476 g/mol. The Morgan fingerprint density at radius 2 is 2.11 bits per heavy atom. The molecule has 1 aromatic heterocycles. The van der Waals surface area contributed by atoms with Gasteiger partial charge in [-0.1, -0.05) is 6.07 Å². The Labute approximate surface area is 205 Å². The van der Waals surface area contributed by atoms with Crippen LogP contribution in [0.15, 0.2) is 41.2 Å².